The maximum absolute atomic E-state index is 11.6. The molecule has 4 aliphatic rings. The molecule has 3 unspecified atom stereocenters. The average molecular weight is 427 g/mol. The molecule has 2 N–H and O–H groups in total. The third-order valence-electron chi connectivity index (χ3n) is 8.68. The van der Waals surface area contributed by atoms with Crippen molar-refractivity contribution in [1.29, 1.82) is 0 Å². The molecule has 4 rings (SSSR count). The number of esters is 1. The quantitative estimate of drug-likeness (QED) is 0.489. The van der Waals surface area contributed by atoms with E-state index in [2.05, 4.69) is 39.2 Å². The summed E-state index contributed by atoms with van der Waals surface area (Å²) in [5.41, 5.74) is 4.45. The molecule has 3 saturated carbocycles. The number of allylic oxidation sites excluding steroid dienone is 3. The third-order valence-corrected chi connectivity index (χ3v) is 8.68. The molecule has 4 heteroatoms. The van der Waals surface area contributed by atoms with Crippen LogP contribution in [-0.2, 0) is 9.53 Å². The highest BCUT2D eigenvalue weighted by molar-refractivity contribution is 5.76. The molecule has 7 atom stereocenters. The molecule has 0 aromatic rings. The average Bonchev–Trinajstić information content (AvgIpc) is 3.21. The van der Waals surface area contributed by atoms with E-state index in [1.165, 1.54) is 31.3 Å². The number of fused-ring (bicyclic) bond motifs is 1. The number of rotatable bonds is 4. The molecule has 0 bridgehead atoms. The van der Waals surface area contributed by atoms with E-state index in [4.69, 9.17) is 4.74 Å². The van der Waals surface area contributed by atoms with Crippen LogP contribution >= 0.6 is 0 Å². The van der Waals surface area contributed by atoms with Crippen LogP contribution in [0.2, 0.25) is 0 Å². The predicted octanol–water partition coefficient (Wildman–Crippen LogP) is 5.03. The number of hydrogen-bond donors (Lipinski definition) is 2. The van der Waals surface area contributed by atoms with Gasteiger partial charge in [0, 0.05) is 6.42 Å². The number of aliphatic hydroxyl groups excluding tert-OH is 2. The van der Waals surface area contributed by atoms with Crippen molar-refractivity contribution in [3.05, 3.63) is 47.6 Å². The summed E-state index contributed by atoms with van der Waals surface area (Å²) in [7, 11) is 0. The van der Waals surface area contributed by atoms with Gasteiger partial charge in [-0.15, -0.1) is 0 Å². The molecule has 31 heavy (non-hydrogen) atoms. The van der Waals surface area contributed by atoms with Crippen LogP contribution < -0.4 is 0 Å². The molecule has 4 nitrogen and oxygen atoms in total. The van der Waals surface area contributed by atoms with Gasteiger partial charge in [-0.2, -0.15) is 0 Å². The highest BCUT2D eigenvalue weighted by Crippen LogP contribution is 2.60. The lowest BCUT2D eigenvalue weighted by molar-refractivity contribution is -0.142. The molecule has 0 spiro atoms. The maximum Gasteiger partial charge on any atom is 0.310 e. The summed E-state index contributed by atoms with van der Waals surface area (Å²) in [5, 5.41) is 20.2. The number of carbonyl (C=O) groups excluding carboxylic acids is 1. The zero-order valence-electron chi connectivity index (χ0n) is 19.1. The van der Waals surface area contributed by atoms with Crippen LogP contribution in [0.1, 0.15) is 71.6 Å². The number of hydrogen-bond acceptors (Lipinski definition) is 4. The van der Waals surface area contributed by atoms with E-state index < -0.39 is 12.2 Å². The minimum absolute atomic E-state index is 0.108. The summed E-state index contributed by atoms with van der Waals surface area (Å²) in [5.74, 6) is 1.55. The van der Waals surface area contributed by atoms with E-state index in [0.717, 1.165) is 29.6 Å². The first-order valence-corrected chi connectivity index (χ1v) is 12.0. The fourth-order valence-electron chi connectivity index (χ4n) is 6.98. The molecule has 0 aromatic heterocycles. The summed E-state index contributed by atoms with van der Waals surface area (Å²) < 4.78 is 5.52. The lowest BCUT2D eigenvalue weighted by Crippen LogP contribution is -2.36. The zero-order chi connectivity index (χ0) is 22.3. The standard InChI is InChI=1S/C27H38O4/c1-16(12-25-17(2)13-26(30)31-25)22-9-10-23-19(6-5-11-27(22,23)4)7-8-20-14-21(28)15-24(29)18(20)3/h7-8,16,21-25,28-29H,2-3,5-6,9-15H2,1,4H3/b19-7+,20-8-/t16-,21-,22?,23?,24+,25-,27?/m1/s1. The second-order valence-corrected chi connectivity index (χ2v) is 10.7. The Bertz CT molecular complexity index is 821. The van der Waals surface area contributed by atoms with Crippen molar-refractivity contribution in [3.63, 3.8) is 0 Å². The topological polar surface area (TPSA) is 66.8 Å². The van der Waals surface area contributed by atoms with Gasteiger partial charge in [-0.25, -0.2) is 0 Å². The molecule has 170 valence electrons. The summed E-state index contributed by atoms with van der Waals surface area (Å²) >= 11 is 0. The Morgan fingerprint density at radius 3 is 2.74 bits per heavy atom. The Kier molecular flexibility index (Phi) is 6.33. The molecular weight excluding hydrogens is 388 g/mol. The summed E-state index contributed by atoms with van der Waals surface area (Å²) in [6.45, 7) is 12.9. The SMILES string of the molecule is C=C1/C(=C\C=C2/CCCC3(C)C2CCC3[C@H](C)C[C@H]2OC(=O)CC2=C)C[C@@H](O)C[C@@H]1O. The van der Waals surface area contributed by atoms with E-state index >= 15 is 0 Å². The fourth-order valence-corrected chi connectivity index (χ4v) is 6.98. The van der Waals surface area contributed by atoms with E-state index in [0.29, 0.717) is 37.0 Å². The first-order chi connectivity index (χ1) is 14.7. The molecule has 0 aromatic carbocycles. The van der Waals surface area contributed by atoms with E-state index in [1.807, 2.05) is 0 Å². The molecule has 0 amide bonds. The number of cyclic esters (lactones) is 1. The van der Waals surface area contributed by atoms with Crippen LogP contribution in [-0.4, -0.2) is 34.5 Å². The van der Waals surface area contributed by atoms with Gasteiger partial charge in [0.25, 0.3) is 0 Å². The van der Waals surface area contributed by atoms with Gasteiger partial charge in [-0.1, -0.05) is 44.7 Å². The molecule has 0 radical (unpaired) electrons. The van der Waals surface area contributed by atoms with Gasteiger partial charge in [-0.3, -0.25) is 4.79 Å². The second-order valence-electron chi connectivity index (χ2n) is 10.7. The third kappa shape index (κ3) is 4.34. The van der Waals surface area contributed by atoms with Crippen LogP contribution in [0, 0.1) is 23.2 Å². The normalized spacial score (nSPS) is 42.2. The Morgan fingerprint density at radius 1 is 1.26 bits per heavy atom. The highest BCUT2D eigenvalue weighted by Gasteiger charge is 2.51. The zero-order valence-corrected chi connectivity index (χ0v) is 19.1. The van der Waals surface area contributed by atoms with Crippen LogP contribution in [0.3, 0.4) is 0 Å². The van der Waals surface area contributed by atoms with Crippen LogP contribution in [0.5, 0.6) is 0 Å². The summed E-state index contributed by atoms with van der Waals surface area (Å²) in [6.07, 6.45) is 11.3. The Balaban J connectivity index is 1.49. The smallest absolute Gasteiger partial charge is 0.310 e. The molecule has 4 fully saturated rings. The van der Waals surface area contributed by atoms with Crippen molar-refractivity contribution in [2.45, 2.75) is 89.9 Å². The molecule has 3 aliphatic carbocycles. The van der Waals surface area contributed by atoms with Crippen molar-refractivity contribution in [3.8, 4) is 0 Å². The van der Waals surface area contributed by atoms with E-state index in [9.17, 15) is 15.0 Å². The first kappa shape index (κ1) is 22.5. The minimum Gasteiger partial charge on any atom is -0.458 e. The summed E-state index contributed by atoms with van der Waals surface area (Å²) in [6, 6.07) is 0. The number of carbonyl (C=O) groups is 1. The van der Waals surface area contributed by atoms with Crippen molar-refractivity contribution in [1.82, 2.24) is 0 Å². The van der Waals surface area contributed by atoms with Crippen molar-refractivity contribution < 1.29 is 19.7 Å². The van der Waals surface area contributed by atoms with E-state index in [1.54, 1.807) is 0 Å². The molecular formula is C27H38O4. The van der Waals surface area contributed by atoms with Crippen molar-refractivity contribution in [2.75, 3.05) is 0 Å². The first-order valence-electron chi connectivity index (χ1n) is 12.0. The van der Waals surface area contributed by atoms with Gasteiger partial charge in [0.05, 0.1) is 18.6 Å². The van der Waals surface area contributed by atoms with Gasteiger partial charge < -0.3 is 14.9 Å². The van der Waals surface area contributed by atoms with Gasteiger partial charge in [-0.05, 0) is 84.8 Å². The highest BCUT2D eigenvalue weighted by atomic mass is 16.5. The predicted molar refractivity (Wildman–Crippen MR) is 122 cm³/mol. The van der Waals surface area contributed by atoms with Crippen LogP contribution in [0.4, 0.5) is 0 Å². The largest absolute Gasteiger partial charge is 0.458 e. The minimum atomic E-state index is -0.638. The number of aliphatic hydroxyl groups is 2. The summed E-state index contributed by atoms with van der Waals surface area (Å²) in [4.78, 5) is 11.6. The van der Waals surface area contributed by atoms with Gasteiger partial charge in [0.15, 0.2) is 0 Å². The fraction of sp³-hybridized carbons (Fsp3) is 0.667. The van der Waals surface area contributed by atoms with Crippen molar-refractivity contribution >= 4 is 5.97 Å². The van der Waals surface area contributed by atoms with Gasteiger partial charge >= 0.3 is 5.97 Å². The number of ether oxygens (including phenoxy) is 1. The Labute approximate surface area is 186 Å². The van der Waals surface area contributed by atoms with Crippen LogP contribution in [0.25, 0.3) is 0 Å². The maximum atomic E-state index is 11.6. The van der Waals surface area contributed by atoms with E-state index in [-0.39, 0.29) is 17.5 Å². The molecule has 1 saturated heterocycles. The monoisotopic (exact) mass is 426 g/mol. The lowest BCUT2D eigenvalue weighted by atomic mass is 9.60. The second kappa shape index (κ2) is 8.71. The van der Waals surface area contributed by atoms with Crippen LogP contribution in [0.15, 0.2) is 47.6 Å². The van der Waals surface area contributed by atoms with Crippen molar-refractivity contribution in [2.24, 2.45) is 23.2 Å². The Morgan fingerprint density at radius 2 is 2.03 bits per heavy atom. The molecule has 1 heterocycles. The Hall–Kier alpha value is -1.65. The molecule has 1 aliphatic heterocycles. The lowest BCUT2D eigenvalue weighted by Gasteiger charge is -2.44. The van der Waals surface area contributed by atoms with Gasteiger partial charge in [0.1, 0.15) is 6.10 Å². The van der Waals surface area contributed by atoms with Gasteiger partial charge in [0.2, 0.25) is 0 Å².